The Hall–Kier alpha value is -2.15. The molecule has 0 spiro atoms. The van der Waals surface area contributed by atoms with E-state index in [0.29, 0.717) is 24.7 Å². The first-order valence-corrected chi connectivity index (χ1v) is 4.96. The number of aromatic nitrogens is 2. The molecule has 0 fully saturated rings. The van der Waals surface area contributed by atoms with Crippen LogP contribution in [-0.2, 0) is 13.1 Å². The van der Waals surface area contributed by atoms with Crippen molar-refractivity contribution in [3.63, 3.8) is 0 Å². The van der Waals surface area contributed by atoms with Crippen LogP contribution in [0.25, 0.3) is 0 Å². The van der Waals surface area contributed by atoms with Crippen LogP contribution < -0.4 is 5.32 Å². The van der Waals surface area contributed by atoms with Crippen LogP contribution >= 0.6 is 0 Å². The highest BCUT2D eigenvalue weighted by Crippen LogP contribution is 2.04. The van der Waals surface area contributed by atoms with Gasteiger partial charge in [0.15, 0.2) is 11.5 Å². The summed E-state index contributed by atoms with van der Waals surface area (Å²) >= 11 is 0. The van der Waals surface area contributed by atoms with Gasteiger partial charge in [-0.15, -0.1) is 0 Å². The minimum Gasteiger partial charge on any atom is -0.476 e. The Kier molecular flexibility index (Phi) is 3.20. The van der Waals surface area contributed by atoms with Crippen LogP contribution in [0.15, 0.2) is 21.2 Å². The zero-order valence-corrected chi connectivity index (χ0v) is 9.14. The van der Waals surface area contributed by atoms with E-state index < -0.39 is 5.97 Å². The summed E-state index contributed by atoms with van der Waals surface area (Å²) in [6.07, 6.45) is 1.63. The summed E-state index contributed by atoms with van der Waals surface area (Å²) in [7, 11) is 0. The number of nitrogens with zero attached hydrogens (tertiary/aromatic N) is 2. The van der Waals surface area contributed by atoms with Crippen molar-refractivity contribution in [3.8, 4) is 0 Å². The average Bonchev–Trinajstić information content (AvgIpc) is 2.88. The van der Waals surface area contributed by atoms with E-state index in [2.05, 4.69) is 15.5 Å². The fourth-order valence-electron chi connectivity index (χ4n) is 1.27. The van der Waals surface area contributed by atoms with Crippen molar-refractivity contribution in [3.05, 3.63) is 35.4 Å². The van der Waals surface area contributed by atoms with Gasteiger partial charge in [-0.2, -0.15) is 0 Å². The molecule has 0 aliphatic heterocycles. The summed E-state index contributed by atoms with van der Waals surface area (Å²) in [6, 6.07) is 1.37. The molecule has 0 unspecified atom stereocenters. The first-order valence-electron chi connectivity index (χ1n) is 4.96. The van der Waals surface area contributed by atoms with Crippen molar-refractivity contribution in [2.24, 2.45) is 0 Å². The van der Waals surface area contributed by atoms with Crippen LogP contribution in [-0.4, -0.2) is 21.2 Å². The van der Waals surface area contributed by atoms with E-state index in [-0.39, 0.29) is 5.69 Å². The second kappa shape index (κ2) is 4.79. The Morgan fingerprint density at radius 3 is 2.94 bits per heavy atom. The van der Waals surface area contributed by atoms with Gasteiger partial charge in [0, 0.05) is 6.07 Å². The van der Waals surface area contributed by atoms with Crippen molar-refractivity contribution in [2.75, 3.05) is 0 Å². The average molecular weight is 237 g/mol. The molecular weight excluding hydrogens is 226 g/mol. The van der Waals surface area contributed by atoms with E-state index in [1.165, 1.54) is 6.07 Å². The third kappa shape index (κ3) is 2.91. The molecule has 2 rings (SSSR count). The maximum Gasteiger partial charge on any atom is 0.358 e. The number of hydrogen-bond donors (Lipinski definition) is 2. The van der Waals surface area contributed by atoms with Gasteiger partial charge >= 0.3 is 5.97 Å². The van der Waals surface area contributed by atoms with Crippen LogP contribution in [0.5, 0.6) is 0 Å². The maximum atomic E-state index is 10.5. The van der Waals surface area contributed by atoms with Crippen LogP contribution in [0, 0.1) is 6.92 Å². The Bertz CT molecular complexity index is 517. The molecule has 0 aliphatic carbocycles. The highest BCUT2D eigenvalue weighted by atomic mass is 16.5. The monoisotopic (exact) mass is 237 g/mol. The molecule has 0 saturated carbocycles. The second-order valence-electron chi connectivity index (χ2n) is 3.45. The molecule has 2 aromatic heterocycles. The molecule has 2 aromatic rings. The molecule has 2 N–H and O–H groups in total. The number of rotatable bonds is 5. The summed E-state index contributed by atoms with van der Waals surface area (Å²) < 4.78 is 10.1. The lowest BCUT2D eigenvalue weighted by Gasteiger charge is -1.96. The van der Waals surface area contributed by atoms with Crippen molar-refractivity contribution in [2.45, 2.75) is 20.0 Å². The molecule has 90 valence electrons. The van der Waals surface area contributed by atoms with Crippen molar-refractivity contribution in [1.82, 2.24) is 15.5 Å². The van der Waals surface area contributed by atoms with E-state index in [0.717, 1.165) is 5.76 Å². The molecule has 17 heavy (non-hydrogen) atoms. The number of aromatic carboxylic acids is 1. The third-order valence-electron chi connectivity index (χ3n) is 2.02. The molecule has 0 aromatic carbocycles. The number of carbonyl (C=O) groups is 1. The SMILES string of the molecule is Cc1cnc(CNCc2cc(C(=O)O)no2)o1. The summed E-state index contributed by atoms with van der Waals surface area (Å²) in [5.74, 6) is 0.657. The number of nitrogens with one attached hydrogen (secondary N) is 1. The lowest BCUT2D eigenvalue weighted by atomic mass is 10.3. The lowest BCUT2D eigenvalue weighted by Crippen LogP contribution is -2.12. The van der Waals surface area contributed by atoms with Gasteiger partial charge in [0.2, 0.25) is 5.89 Å². The van der Waals surface area contributed by atoms with Gasteiger partial charge in [0.1, 0.15) is 5.76 Å². The molecular formula is C10H11N3O4. The van der Waals surface area contributed by atoms with E-state index in [9.17, 15) is 4.79 Å². The standard InChI is InChI=1S/C10H11N3O4/c1-6-3-12-9(16-6)5-11-4-7-2-8(10(14)15)13-17-7/h2-3,11H,4-5H2,1H3,(H,14,15). The maximum absolute atomic E-state index is 10.5. The van der Waals surface area contributed by atoms with Crippen LogP contribution in [0.1, 0.15) is 27.9 Å². The number of carboxylic acid groups (broad SMARTS) is 1. The Morgan fingerprint density at radius 2 is 2.35 bits per heavy atom. The minimum absolute atomic E-state index is 0.103. The normalized spacial score (nSPS) is 10.6. The summed E-state index contributed by atoms with van der Waals surface area (Å²) in [4.78, 5) is 14.6. The Balaban J connectivity index is 1.83. The fraction of sp³-hybridized carbons (Fsp3) is 0.300. The predicted octanol–water partition coefficient (Wildman–Crippen LogP) is 0.959. The zero-order valence-electron chi connectivity index (χ0n) is 9.14. The number of aryl methyl sites for hydroxylation is 1. The third-order valence-corrected chi connectivity index (χ3v) is 2.02. The largest absolute Gasteiger partial charge is 0.476 e. The number of hydrogen-bond acceptors (Lipinski definition) is 6. The molecule has 7 heteroatoms. The van der Waals surface area contributed by atoms with Gasteiger partial charge in [0.05, 0.1) is 19.3 Å². The van der Waals surface area contributed by atoms with E-state index in [1.54, 1.807) is 6.20 Å². The quantitative estimate of drug-likeness (QED) is 0.798. The summed E-state index contributed by atoms with van der Waals surface area (Å²) in [5.41, 5.74) is -0.103. The molecule has 2 heterocycles. The Labute approximate surface area is 96.4 Å². The molecule has 0 saturated heterocycles. The molecule has 7 nitrogen and oxygen atoms in total. The van der Waals surface area contributed by atoms with Gasteiger partial charge in [0.25, 0.3) is 0 Å². The minimum atomic E-state index is -1.11. The van der Waals surface area contributed by atoms with Gasteiger partial charge in [-0.05, 0) is 6.92 Å². The second-order valence-corrected chi connectivity index (χ2v) is 3.45. The first kappa shape index (κ1) is 11.3. The molecule has 0 aliphatic rings. The van der Waals surface area contributed by atoms with Crippen LogP contribution in [0.3, 0.4) is 0 Å². The zero-order chi connectivity index (χ0) is 12.3. The Morgan fingerprint density at radius 1 is 1.53 bits per heavy atom. The molecule has 0 bridgehead atoms. The van der Waals surface area contributed by atoms with Gasteiger partial charge in [-0.25, -0.2) is 9.78 Å². The van der Waals surface area contributed by atoms with Gasteiger partial charge in [-0.3, -0.25) is 0 Å². The molecule has 0 atom stereocenters. The number of carboxylic acids is 1. The van der Waals surface area contributed by atoms with E-state index >= 15 is 0 Å². The topological polar surface area (TPSA) is 101 Å². The van der Waals surface area contributed by atoms with Crippen LogP contribution in [0.2, 0.25) is 0 Å². The van der Waals surface area contributed by atoms with Crippen molar-refractivity contribution in [1.29, 1.82) is 0 Å². The van der Waals surface area contributed by atoms with Crippen molar-refractivity contribution >= 4 is 5.97 Å². The summed E-state index contributed by atoms with van der Waals surface area (Å²) in [5, 5.41) is 15.0. The highest BCUT2D eigenvalue weighted by Gasteiger charge is 2.10. The molecule has 0 amide bonds. The smallest absolute Gasteiger partial charge is 0.358 e. The summed E-state index contributed by atoms with van der Waals surface area (Å²) in [6.45, 7) is 2.62. The van der Waals surface area contributed by atoms with E-state index in [1.807, 2.05) is 6.92 Å². The number of oxazole rings is 1. The van der Waals surface area contributed by atoms with Gasteiger partial charge < -0.3 is 19.4 Å². The highest BCUT2D eigenvalue weighted by molar-refractivity contribution is 5.85. The van der Waals surface area contributed by atoms with E-state index in [4.69, 9.17) is 14.0 Å². The molecule has 0 radical (unpaired) electrons. The van der Waals surface area contributed by atoms with Crippen molar-refractivity contribution < 1.29 is 18.8 Å². The first-order chi connectivity index (χ1) is 8.15. The lowest BCUT2D eigenvalue weighted by molar-refractivity contribution is 0.0685. The fourth-order valence-corrected chi connectivity index (χ4v) is 1.27. The van der Waals surface area contributed by atoms with Gasteiger partial charge in [-0.1, -0.05) is 5.16 Å². The predicted molar refractivity (Wildman–Crippen MR) is 55.2 cm³/mol. The van der Waals surface area contributed by atoms with Crippen LogP contribution in [0.4, 0.5) is 0 Å².